The Balaban J connectivity index is 1.18. The molecule has 1 aliphatic rings. The van der Waals surface area contributed by atoms with E-state index in [1.54, 1.807) is 42.5 Å². The minimum absolute atomic E-state index is 0.00592. The van der Waals surface area contributed by atoms with Crippen molar-refractivity contribution in [1.29, 1.82) is 0 Å². The van der Waals surface area contributed by atoms with Gasteiger partial charge < -0.3 is 70.4 Å². The Hall–Kier alpha value is -10.8. The molecular formula is C68H83BrClN17O18S. The number of likely N-dealkylation sites (N-methyl/N-ethyl adjacent to an activating group) is 1. The number of halogens is 2. The van der Waals surface area contributed by atoms with E-state index in [-0.39, 0.29) is 80.5 Å². The lowest BCUT2D eigenvalue weighted by Crippen LogP contribution is -2.60. The molecule has 0 saturated carbocycles. The molecule has 0 saturated heterocycles. The van der Waals surface area contributed by atoms with Crippen molar-refractivity contribution in [3.8, 4) is 32.7 Å². The van der Waals surface area contributed by atoms with E-state index in [4.69, 9.17) is 52.2 Å². The van der Waals surface area contributed by atoms with Crippen molar-refractivity contribution in [1.82, 2.24) is 65.6 Å². The fourth-order valence-electron chi connectivity index (χ4n) is 10.0. The number of carbonyl (C=O) groups excluding carboxylic acids is 12. The van der Waals surface area contributed by atoms with Gasteiger partial charge in [-0.3, -0.25) is 63.6 Å². The molecule has 4 aromatic carbocycles. The molecule has 3 heterocycles. The predicted octanol–water partition coefficient (Wildman–Crippen LogP) is 1.59. The van der Waals surface area contributed by atoms with Crippen molar-refractivity contribution in [2.45, 2.75) is 45.2 Å². The maximum atomic E-state index is 15.3. The Kier molecular flexibility index (Phi) is 32.4. The highest BCUT2D eigenvalue weighted by Crippen LogP contribution is 2.35. The summed E-state index contributed by atoms with van der Waals surface area (Å²) in [4.78, 5) is 190. The molecule has 35 nitrogen and oxygen atoms in total. The first-order chi connectivity index (χ1) is 50.8. The van der Waals surface area contributed by atoms with Crippen LogP contribution in [0.15, 0.2) is 123 Å². The molecule has 2 aromatic heterocycles. The van der Waals surface area contributed by atoms with Gasteiger partial charge >= 0.3 is 11.8 Å². The Bertz CT molecular complexity index is 4110. The molecule has 0 atom stereocenters. The number of nitrogens with one attached hydrogen (secondary N) is 4. The number of urea groups is 1. The van der Waals surface area contributed by atoms with Crippen molar-refractivity contribution in [2.75, 3.05) is 132 Å². The first kappa shape index (κ1) is 82.5. The summed E-state index contributed by atoms with van der Waals surface area (Å²) in [6.45, 7) is -8.10. The number of primary amides is 1. The zero-order valence-corrected chi connectivity index (χ0v) is 61.5. The molecular weight excluding hydrogens is 1490 g/mol. The van der Waals surface area contributed by atoms with E-state index in [0.29, 0.717) is 63.4 Å². The number of benzene rings is 4. The molecule has 0 spiro atoms. The van der Waals surface area contributed by atoms with Crippen LogP contribution in [-0.4, -0.2) is 247 Å². The maximum absolute atomic E-state index is 15.3. The van der Waals surface area contributed by atoms with E-state index < -0.39 is 142 Å². The molecule has 1 aliphatic heterocycles. The summed E-state index contributed by atoms with van der Waals surface area (Å²) in [5.41, 5.74) is 25.2. The van der Waals surface area contributed by atoms with E-state index >= 15 is 9.59 Å². The van der Waals surface area contributed by atoms with Gasteiger partial charge in [0.2, 0.25) is 48.1 Å². The van der Waals surface area contributed by atoms with E-state index in [9.17, 15) is 52.7 Å². The Morgan fingerprint density at radius 1 is 0.594 bits per heavy atom. The number of thiophene rings is 1. The standard InChI is InChI=1S/C68H83BrClN17O18S/c1-79(57(90)40-87-68(100)105-66(77-87)54-24-23-53(106-54)46-14-18-48(69)19-15-46)36-62(95)84(75-56(89)25-31-101-2)42-63(96)85(76-65(98)47-16-20-49(70)21-17-47)43-64(97)86(78-67(99)74-50-11-5-4-6-12-50)41-61(94)83(34-45-13-22-51-52(33-45)104-44-103-51)39-60(93)82(30-32-102-3)38-59(92)81(29-10-8-27-72)37-58(91)80(35-55(73)88)28-9-7-26-71/h4-6,11-24,33H,7-10,25-32,34-44,71-72H2,1-3H3,(H2,73,88)(H,75,89)(H,76,98)(H2,74,78,99). The fraction of sp³-hybridized carbons (Fsp3) is 0.382. The molecule has 38 heteroatoms. The van der Waals surface area contributed by atoms with Crippen LogP contribution in [0.3, 0.4) is 0 Å². The van der Waals surface area contributed by atoms with Crippen LogP contribution < -0.4 is 54.0 Å². The van der Waals surface area contributed by atoms with Gasteiger partial charge in [-0.1, -0.05) is 63.9 Å². The third-order valence-electron chi connectivity index (χ3n) is 15.7. The number of amides is 13. The number of methoxy groups -OCH3 is 2. The number of aromatic nitrogens is 2. The molecule has 0 fully saturated rings. The number of nitrogens with two attached hydrogens (primary N) is 3. The third-order valence-corrected chi connectivity index (χ3v) is 17.6. The summed E-state index contributed by atoms with van der Waals surface area (Å²) in [5.74, 6) is -11.0. The highest BCUT2D eigenvalue weighted by molar-refractivity contribution is 9.10. The van der Waals surface area contributed by atoms with Crippen LogP contribution in [-0.2, 0) is 70.5 Å². The molecule has 0 radical (unpaired) electrons. The van der Waals surface area contributed by atoms with Crippen LogP contribution in [0.25, 0.3) is 21.2 Å². The van der Waals surface area contributed by atoms with Crippen molar-refractivity contribution in [3.05, 3.63) is 140 Å². The monoisotopic (exact) mass is 1570 g/mol. The number of rotatable bonds is 38. The lowest BCUT2D eigenvalue weighted by Gasteiger charge is -2.32. The Labute approximate surface area is 626 Å². The average Bonchev–Trinajstić information content (AvgIpc) is 1.57. The van der Waals surface area contributed by atoms with Gasteiger partial charge in [0.25, 0.3) is 29.5 Å². The van der Waals surface area contributed by atoms with Crippen molar-refractivity contribution in [2.24, 2.45) is 17.2 Å². The lowest BCUT2D eigenvalue weighted by molar-refractivity contribution is -0.153. The molecule has 7 rings (SSSR count). The van der Waals surface area contributed by atoms with Crippen molar-refractivity contribution >= 4 is 116 Å². The summed E-state index contributed by atoms with van der Waals surface area (Å²) in [7, 11) is 3.83. The number of anilines is 1. The van der Waals surface area contributed by atoms with Gasteiger partial charge in [0.1, 0.15) is 39.3 Å². The summed E-state index contributed by atoms with van der Waals surface area (Å²) in [5, 5.41) is 8.36. The van der Waals surface area contributed by atoms with Crippen molar-refractivity contribution in [3.63, 3.8) is 0 Å². The first-order valence-electron chi connectivity index (χ1n) is 33.1. The number of nitrogens with zero attached hydrogens (tertiary/aromatic N) is 10. The third kappa shape index (κ3) is 25.8. The van der Waals surface area contributed by atoms with E-state index in [1.807, 2.05) is 24.3 Å². The van der Waals surface area contributed by atoms with Gasteiger partial charge in [0.05, 0.1) is 44.1 Å². The second-order valence-corrected chi connectivity index (χ2v) is 26.1. The quantitative estimate of drug-likeness (QED) is 0.0214. The molecule has 13 amide bonds. The number of hydrazine groups is 3. The van der Waals surface area contributed by atoms with E-state index in [0.717, 1.165) is 34.3 Å². The van der Waals surface area contributed by atoms with Gasteiger partial charge in [-0.15, -0.1) is 16.4 Å². The predicted molar refractivity (Wildman–Crippen MR) is 388 cm³/mol. The number of carbonyl (C=O) groups is 12. The Morgan fingerprint density at radius 3 is 1.77 bits per heavy atom. The molecule has 0 unspecified atom stereocenters. The second kappa shape index (κ2) is 41.6. The van der Waals surface area contributed by atoms with E-state index in [1.165, 1.54) is 84.9 Å². The van der Waals surface area contributed by atoms with E-state index in [2.05, 4.69) is 42.6 Å². The van der Waals surface area contributed by atoms with Gasteiger partial charge in [-0.05, 0) is 123 Å². The largest absolute Gasteiger partial charge is 0.454 e. The highest BCUT2D eigenvalue weighted by atomic mass is 79.9. The van der Waals surface area contributed by atoms with Gasteiger partial charge in [0.15, 0.2) is 11.5 Å². The maximum Gasteiger partial charge on any atom is 0.437 e. The minimum Gasteiger partial charge on any atom is -0.454 e. The van der Waals surface area contributed by atoms with Crippen LogP contribution in [0.2, 0.25) is 5.02 Å². The highest BCUT2D eigenvalue weighted by Gasteiger charge is 2.34. The number of hydrogen-bond donors (Lipinski definition) is 7. The zero-order chi connectivity index (χ0) is 76.8. The topological polar surface area (TPSA) is 442 Å². The van der Waals surface area contributed by atoms with Crippen LogP contribution in [0.1, 0.15) is 48.0 Å². The number of unbranched alkanes of at least 4 members (excludes halogenated alkanes) is 2. The Morgan fingerprint density at radius 2 is 1.15 bits per heavy atom. The molecule has 10 N–H and O–H groups in total. The van der Waals surface area contributed by atoms with Crippen LogP contribution in [0.4, 0.5) is 10.5 Å². The van der Waals surface area contributed by atoms with Crippen LogP contribution in [0, 0.1) is 0 Å². The normalized spacial score (nSPS) is 11.2. The molecule has 568 valence electrons. The second-order valence-electron chi connectivity index (χ2n) is 23.7. The minimum atomic E-state index is -1.32. The summed E-state index contributed by atoms with van der Waals surface area (Å²) in [6.07, 6.45) is 1.37. The number of ether oxygens (including phenoxy) is 4. The summed E-state index contributed by atoms with van der Waals surface area (Å²) < 4.78 is 28.5. The van der Waals surface area contributed by atoms with Crippen molar-refractivity contribution < 1.29 is 80.9 Å². The number of fused-ring (bicyclic) bond motifs is 1. The van der Waals surface area contributed by atoms with Crippen LogP contribution in [0.5, 0.6) is 11.5 Å². The molecule has 0 bridgehead atoms. The molecule has 6 aromatic rings. The molecule has 0 aliphatic carbocycles. The lowest BCUT2D eigenvalue weighted by atomic mass is 10.2. The summed E-state index contributed by atoms with van der Waals surface area (Å²) >= 11 is 10.8. The average molecular weight is 1570 g/mol. The number of hydrogen-bond acceptors (Lipinski definition) is 22. The first-order valence-corrected chi connectivity index (χ1v) is 35.1. The molecule has 106 heavy (non-hydrogen) atoms. The van der Waals surface area contributed by atoms with Crippen LogP contribution >= 0.6 is 38.9 Å². The van der Waals surface area contributed by atoms with Gasteiger partial charge in [-0.25, -0.2) is 30.0 Å². The number of para-hydroxylation sites is 1. The summed E-state index contributed by atoms with van der Waals surface area (Å²) in [6, 6.07) is 27.6. The zero-order valence-electron chi connectivity index (χ0n) is 58.4. The fourth-order valence-corrected chi connectivity index (χ4v) is 11.4. The smallest absolute Gasteiger partial charge is 0.437 e. The van der Waals surface area contributed by atoms with Gasteiger partial charge in [-0.2, -0.15) is 4.68 Å². The van der Waals surface area contributed by atoms with Gasteiger partial charge in [0, 0.05) is 73.1 Å². The SMILES string of the molecule is COCCC(=O)NN(CC(=O)N(CC(=O)N(CC(=O)N(CC(=O)N(CCOC)CC(=O)N(CCCCN)CC(=O)N(CCCCN)CC(N)=O)Cc1ccc2c(c1)OCO2)NC(=O)Nc1ccccc1)NC(=O)c1ccc(Cl)cc1)C(=O)CN(C)C(=O)Cn1nc(-c2ccc(-c3ccc(Br)cc3)s2)oc1=O.